The fraction of sp³-hybridized carbons (Fsp3) is 0.750. The maximum atomic E-state index is 12.4. The standard InChI is InChI=1S/C12H19N3O4/c1-8(9(16)19-2)7-15-10(17)12(14-11(15)18)3-5-13-6-4-12/h8,13H,3-7H2,1-2H3,(H,14,18). The van der Waals surface area contributed by atoms with Crippen LogP contribution in [-0.4, -0.2) is 55.1 Å². The Morgan fingerprint density at radius 3 is 2.63 bits per heavy atom. The van der Waals surface area contributed by atoms with E-state index in [0.29, 0.717) is 25.9 Å². The highest BCUT2D eigenvalue weighted by Gasteiger charge is 2.51. The minimum Gasteiger partial charge on any atom is -0.469 e. The number of carbonyl (C=O) groups is 3. The molecule has 2 saturated heterocycles. The first-order valence-corrected chi connectivity index (χ1v) is 6.43. The maximum Gasteiger partial charge on any atom is 0.325 e. The van der Waals surface area contributed by atoms with Gasteiger partial charge in [0.1, 0.15) is 5.54 Å². The highest BCUT2D eigenvalue weighted by molar-refractivity contribution is 6.07. The zero-order chi connectivity index (χ0) is 14.0. The molecule has 7 heteroatoms. The molecule has 2 aliphatic heterocycles. The van der Waals surface area contributed by atoms with E-state index in [1.165, 1.54) is 7.11 Å². The van der Waals surface area contributed by atoms with Crippen LogP contribution in [0.3, 0.4) is 0 Å². The van der Waals surface area contributed by atoms with Gasteiger partial charge in [0.25, 0.3) is 5.91 Å². The number of hydrogen-bond donors (Lipinski definition) is 2. The molecule has 0 aromatic rings. The zero-order valence-corrected chi connectivity index (χ0v) is 11.2. The van der Waals surface area contributed by atoms with Gasteiger partial charge in [-0.15, -0.1) is 0 Å². The Hall–Kier alpha value is -1.63. The SMILES string of the molecule is COC(=O)C(C)CN1C(=O)NC2(CCNCC2)C1=O. The molecule has 3 amide bonds. The molecule has 106 valence electrons. The van der Waals surface area contributed by atoms with E-state index in [0.717, 1.165) is 4.90 Å². The Kier molecular flexibility index (Phi) is 3.75. The first-order valence-electron chi connectivity index (χ1n) is 6.43. The summed E-state index contributed by atoms with van der Waals surface area (Å²) in [6.45, 7) is 3.10. The second kappa shape index (κ2) is 5.16. The summed E-state index contributed by atoms with van der Waals surface area (Å²) < 4.78 is 4.61. The average Bonchev–Trinajstić information content (AvgIpc) is 2.63. The van der Waals surface area contributed by atoms with Gasteiger partial charge in [0.2, 0.25) is 0 Å². The van der Waals surface area contributed by atoms with E-state index in [9.17, 15) is 14.4 Å². The molecule has 0 aromatic heterocycles. The molecule has 0 radical (unpaired) electrons. The lowest BCUT2D eigenvalue weighted by Crippen LogP contribution is -2.54. The number of methoxy groups -OCH3 is 1. The molecule has 1 atom stereocenters. The highest BCUT2D eigenvalue weighted by Crippen LogP contribution is 2.27. The van der Waals surface area contributed by atoms with E-state index in [1.807, 2.05) is 0 Å². The van der Waals surface area contributed by atoms with Gasteiger partial charge in [0, 0.05) is 6.54 Å². The molecule has 2 rings (SSSR count). The van der Waals surface area contributed by atoms with Gasteiger partial charge >= 0.3 is 12.0 Å². The molecule has 0 saturated carbocycles. The van der Waals surface area contributed by atoms with Crippen molar-refractivity contribution in [3.8, 4) is 0 Å². The number of nitrogens with zero attached hydrogens (tertiary/aromatic N) is 1. The Labute approximate surface area is 111 Å². The van der Waals surface area contributed by atoms with Gasteiger partial charge in [0.15, 0.2) is 0 Å². The van der Waals surface area contributed by atoms with Crippen LogP contribution < -0.4 is 10.6 Å². The lowest BCUT2D eigenvalue weighted by atomic mass is 9.88. The fourth-order valence-electron chi connectivity index (χ4n) is 2.58. The van der Waals surface area contributed by atoms with Crippen molar-refractivity contribution < 1.29 is 19.1 Å². The van der Waals surface area contributed by atoms with Crippen LogP contribution in [0.2, 0.25) is 0 Å². The fourth-order valence-corrected chi connectivity index (χ4v) is 2.58. The van der Waals surface area contributed by atoms with Crippen molar-refractivity contribution >= 4 is 17.9 Å². The number of amides is 3. The van der Waals surface area contributed by atoms with Crippen LogP contribution in [0.25, 0.3) is 0 Å². The van der Waals surface area contributed by atoms with E-state index in [2.05, 4.69) is 15.4 Å². The highest BCUT2D eigenvalue weighted by atomic mass is 16.5. The molecular weight excluding hydrogens is 250 g/mol. The summed E-state index contributed by atoms with van der Waals surface area (Å²) in [5.41, 5.74) is -0.780. The van der Waals surface area contributed by atoms with Crippen LogP contribution in [0.1, 0.15) is 19.8 Å². The van der Waals surface area contributed by atoms with E-state index in [4.69, 9.17) is 0 Å². The van der Waals surface area contributed by atoms with Crippen molar-refractivity contribution in [1.29, 1.82) is 0 Å². The third-order valence-electron chi connectivity index (χ3n) is 3.76. The second-order valence-electron chi connectivity index (χ2n) is 5.10. The topological polar surface area (TPSA) is 87.7 Å². The maximum absolute atomic E-state index is 12.4. The van der Waals surface area contributed by atoms with Gasteiger partial charge in [-0.3, -0.25) is 14.5 Å². The lowest BCUT2D eigenvalue weighted by molar-refractivity contribution is -0.145. The zero-order valence-electron chi connectivity index (χ0n) is 11.2. The van der Waals surface area contributed by atoms with Crippen molar-refractivity contribution in [1.82, 2.24) is 15.5 Å². The number of ether oxygens (including phenoxy) is 1. The lowest BCUT2D eigenvalue weighted by Gasteiger charge is -2.31. The van der Waals surface area contributed by atoms with Crippen molar-refractivity contribution in [2.75, 3.05) is 26.7 Å². The summed E-state index contributed by atoms with van der Waals surface area (Å²) in [6.07, 6.45) is 1.17. The summed E-state index contributed by atoms with van der Waals surface area (Å²) >= 11 is 0. The predicted molar refractivity (Wildman–Crippen MR) is 66.3 cm³/mol. The van der Waals surface area contributed by atoms with Gasteiger partial charge in [0.05, 0.1) is 13.0 Å². The van der Waals surface area contributed by atoms with E-state index >= 15 is 0 Å². The van der Waals surface area contributed by atoms with Crippen LogP contribution in [-0.2, 0) is 14.3 Å². The van der Waals surface area contributed by atoms with Gasteiger partial charge in [-0.2, -0.15) is 0 Å². The van der Waals surface area contributed by atoms with Crippen molar-refractivity contribution in [3.63, 3.8) is 0 Å². The molecule has 19 heavy (non-hydrogen) atoms. The van der Waals surface area contributed by atoms with Crippen LogP contribution in [0.4, 0.5) is 4.79 Å². The van der Waals surface area contributed by atoms with Gasteiger partial charge < -0.3 is 15.4 Å². The molecule has 0 aromatic carbocycles. The van der Waals surface area contributed by atoms with Gasteiger partial charge in [-0.1, -0.05) is 6.92 Å². The molecular formula is C12H19N3O4. The molecule has 1 spiro atoms. The molecule has 2 fully saturated rings. The Morgan fingerprint density at radius 1 is 1.42 bits per heavy atom. The quantitative estimate of drug-likeness (QED) is 0.531. The predicted octanol–water partition coefficient (Wildman–Crippen LogP) is -0.530. The average molecular weight is 269 g/mol. The first kappa shape index (κ1) is 13.8. The van der Waals surface area contributed by atoms with Crippen molar-refractivity contribution in [3.05, 3.63) is 0 Å². The van der Waals surface area contributed by atoms with Gasteiger partial charge in [-0.05, 0) is 25.9 Å². The Balaban J connectivity index is 2.08. The number of esters is 1. The Bertz CT molecular complexity index is 404. The minimum absolute atomic E-state index is 0.0620. The summed E-state index contributed by atoms with van der Waals surface area (Å²) in [5, 5.41) is 5.93. The smallest absolute Gasteiger partial charge is 0.325 e. The van der Waals surface area contributed by atoms with E-state index in [1.54, 1.807) is 6.92 Å². The summed E-state index contributed by atoms with van der Waals surface area (Å²) in [7, 11) is 1.29. The van der Waals surface area contributed by atoms with E-state index in [-0.39, 0.29) is 12.5 Å². The molecule has 7 nitrogen and oxygen atoms in total. The third kappa shape index (κ3) is 2.42. The molecule has 2 aliphatic rings. The Morgan fingerprint density at radius 2 is 2.05 bits per heavy atom. The number of hydrogen-bond acceptors (Lipinski definition) is 5. The number of carbonyl (C=O) groups excluding carboxylic acids is 3. The number of piperidine rings is 1. The normalized spacial score (nSPS) is 23.4. The molecule has 0 bridgehead atoms. The second-order valence-corrected chi connectivity index (χ2v) is 5.10. The van der Waals surface area contributed by atoms with Crippen LogP contribution in [0, 0.1) is 5.92 Å². The van der Waals surface area contributed by atoms with Crippen molar-refractivity contribution in [2.24, 2.45) is 5.92 Å². The largest absolute Gasteiger partial charge is 0.469 e. The minimum atomic E-state index is -0.780. The molecule has 2 heterocycles. The number of rotatable bonds is 3. The van der Waals surface area contributed by atoms with Crippen molar-refractivity contribution in [2.45, 2.75) is 25.3 Å². The summed E-state index contributed by atoms with van der Waals surface area (Å²) in [6, 6.07) is -0.414. The van der Waals surface area contributed by atoms with Crippen LogP contribution in [0.5, 0.6) is 0 Å². The third-order valence-corrected chi connectivity index (χ3v) is 3.76. The molecule has 1 unspecified atom stereocenters. The summed E-state index contributed by atoms with van der Waals surface area (Å²) in [4.78, 5) is 36.8. The number of urea groups is 1. The van der Waals surface area contributed by atoms with Gasteiger partial charge in [-0.25, -0.2) is 4.79 Å². The van der Waals surface area contributed by atoms with E-state index < -0.39 is 23.5 Å². The van der Waals surface area contributed by atoms with Crippen LogP contribution >= 0.6 is 0 Å². The molecule has 2 N–H and O–H groups in total. The molecule has 0 aliphatic carbocycles. The number of imide groups is 1. The van der Waals surface area contributed by atoms with Crippen LogP contribution in [0.15, 0.2) is 0 Å². The number of nitrogens with one attached hydrogen (secondary N) is 2. The monoisotopic (exact) mass is 269 g/mol. The first-order chi connectivity index (χ1) is 9.00. The summed E-state index contributed by atoms with van der Waals surface area (Å²) in [5.74, 6) is -1.17.